The summed E-state index contributed by atoms with van der Waals surface area (Å²) in [6.07, 6.45) is 0.324. The first-order valence-corrected chi connectivity index (χ1v) is 6.39. The van der Waals surface area contributed by atoms with Crippen molar-refractivity contribution in [1.29, 1.82) is 0 Å². The molecule has 0 aliphatic rings. The number of Topliss-reactive ketones (excluding diaryl/α,β-unsaturated/α-hetero) is 1. The second kappa shape index (κ2) is 5.44. The highest BCUT2D eigenvalue weighted by Crippen LogP contribution is 2.20. The summed E-state index contributed by atoms with van der Waals surface area (Å²) in [7, 11) is 0. The maximum Gasteiger partial charge on any atom is 0.168 e. The molecule has 3 heteroatoms. The van der Waals surface area contributed by atoms with Crippen LogP contribution in [-0.4, -0.2) is 5.78 Å². The third kappa shape index (κ3) is 3.05. The van der Waals surface area contributed by atoms with Crippen LogP contribution in [0.15, 0.2) is 46.9 Å². The lowest BCUT2D eigenvalue weighted by Gasteiger charge is -2.04. The van der Waals surface area contributed by atoms with E-state index in [0.29, 0.717) is 16.5 Å². The van der Waals surface area contributed by atoms with Crippen LogP contribution in [0.25, 0.3) is 0 Å². The molecule has 0 saturated carbocycles. The van der Waals surface area contributed by atoms with Gasteiger partial charge >= 0.3 is 0 Å². The van der Waals surface area contributed by atoms with Crippen molar-refractivity contribution in [2.75, 3.05) is 0 Å². The maximum absolute atomic E-state index is 12.9. The molecule has 2 rings (SSSR count). The number of halogens is 2. The first kappa shape index (κ1) is 13.0. The van der Waals surface area contributed by atoms with Gasteiger partial charge in [0, 0.05) is 16.5 Å². The molecule has 0 amide bonds. The van der Waals surface area contributed by atoms with Gasteiger partial charge in [-0.15, -0.1) is 0 Å². The van der Waals surface area contributed by atoms with Gasteiger partial charge in [-0.2, -0.15) is 0 Å². The Hall–Kier alpha value is -1.48. The Kier molecular flexibility index (Phi) is 3.92. The number of hydrogen-bond acceptors (Lipinski definition) is 1. The minimum Gasteiger partial charge on any atom is -0.294 e. The molecular weight excluding hydrogens is 295 g/mol. The van der Waals surface area contributed by atoms with Crippen molar-refractivity contribution < 1.29 is 9.18 Å². The Morgan fingerprint density at radius 1 is 1.17 bits per heavy atom. The van der Waals surface area contributed by atoms with Crippen LogP contribution in [0, 0.1) is 12.7 Å². The van der Waals surface area contributed by atoms with Crippen molar-refractivity contribution in [2.24, 2.45) is 0 Å². The van der Waals surface area contributed by atoms with E-state index in [1.165, 1.54) is 18.2 Å². The van der Waals surface area contributed by atoms with E-state index in [-0.39, 0.29) is 11.6 Å². The van der Waals surface area contributed by atoms with Gasteiger partial charge in [0.15, 0.2) is 5.78 Å². The van der Waals surface area contributed by atoms with E-state index in [2.05, 4.69) is 15.9 Å². The van der Waals surface area contributed by atoms with Crippen LogP contribution in [0.2, 0.25) is 0 Å². The zero-order chi connectivity index (χ0) is 13.1. The first-order valence-electron chi connectivity index (χ1n) is 5.60. The van der Waals surface area contributed by atoms with Gasteiger partial charge in [0.2, 0.25) is 0 Å². The lowest BCUT2D eigenvalue weighted by molar-refractivity contribution is 0.0992. The van der Waals surface area contributed by atoms with Crippen LogP contribution in [0.1, 0.15) is 21.5 Å². The SMILES string of the molecule is Cc1ccc(CC(=O)c2ccc(F)cc2Br)cc1. The fourth-order valence-electron chi connectivity index (χ4n) is 1.70. The average Bonchev–Trinajstić information content (AvgIpc) is 2.32. The summed E-state index contributed by atoms with van der Waals surface area (Å²) < 4.78 is 13.4. The average molecular weight is 307 g/mol. The summed E-state index contributed by atoms with van der Waals surface area (Å²) in [5.41, 5.74) is 2.63. The Balaban J connectivity index is 2.19. The van der Waals surface area contributed by atoms with Gasteiger partial charge in [-0.25, -0.2) is 4.39 Å². The lowest BCUT2D eigenvalue weighted by Crippen LogP contribution is -2.04. The Morgan fingerprint density at radius 3 is 2.44 bits per heavy atom. The van der Waals surface area contributed by atoms with Crippen LogP contribution < -0.4 is 0 Å². The Morgan fingerprint density at radius 2 is 1.83 bits per heavy atom. The number of ketones is 1. The molecule has 0 spiro atoms. The van der Waals surface area contributed by atoms with Gasteiger partial charge in [0.25, 0.3) is 0 Å². The molecule has 1 nitrogen and oxygen atoms in total. The van der Waals surface area contributed by atoms with Gasteiger partial charge in [0.05, 0.1) is 0 Å². The van der Waals surface area contributed by atoms with Gasteiger partial charge in [-0.3, -0.25) is 4.79 Å². The van der Waals surface area contributed by atoms with Crippen LogP contribution in [0.4, 0.5) is 4.39 Å². The molecule has 2 aromatic carbocycles. The second-order valence-electron chi connectivity index (χ2n) is 4.21. The summed E-state index contributed by atoms with van der Waals surface area (Å²) in [5.74, 6) is -0.375. The minimum absolute atomic E-state index is 0.0225. The highest BCUT2D eigenvalue weighted by molar-refractivity contribution is 9.10. The highest BCUT2D eigenvalue weighted by atomic mass is 79.9. The number of carbonyl (C=O) groups is 1. The summed E-state index contributed by atoms with van der Waals surface area (Å²) in [4.78, 5) is 12.1. The third-order valence-corrected chi connectivity index (χ3v) is 3.37. The highest BCUT2D eigenvalue weighted by Gasteiger charge is 2.11. The van der Waals surface area contributed by atoms with Gasteiger partial charge in [-0.05, 0) is 46.6 Å². The van der Waals surface area contributed by atoms with Gasteiger partial charge < -0.3 is 0 Å². The predicted molar refractivity (Wildman–Crippen MR) is 73.3 cm³/mol. The van der Waals surface area contributed by atoms with Crippen LogP contribution in [0.5, 0.6) is 0 Å². The maximum atomic E-state index is 12.9. The largest absolute Gasteiger partial charge is 0.294 e. The van der Waals surface area contributed by atoms with E-state index in [1.807, 2.05) is 31.2 Å². The van der Waals surface area contributed by atoms with Crippen molar-refractivity contribution in [3.05, 3.63) is 69.4 Å². The molecule has 0 aliphatic carbocycles. The molecule has 0 saturated heterocycles. The van der Waals surface area contributed by atoms with Crippen LogP contribution in [0.3, 0.4) is 0 Å². The van der Waals surface area contributed by atoms with E-state index < -0.39 is 0 Å². The van der Waals surface area contributed by atoms with Crippen molar-refractivity contribution in [2.45, 2.75) is 13.3 Å². The molecule has 92 valence electrons. The number of aryl methyl sites for hydroxylation is 1. The number of rotatable bonds is 3. The molecular formula is C15H12BrFO. The molecule has 18 heavy (non-hydrogen) atoms. The number of hydrogen-bond donors (Lipinski definition) is 0. The predicted octanol–water partition coefficient (Wildman–Crippen LogP) is 4.32. The van der Waals surface area contributed by atoms with Crippen LogP contribution in [-0.2, 0) is 6.42 Å². The van der Waals surface area contributed by atoms with Gasteiger partial charge in [-0.1, -0.05) is 29.8 Å². The molecule has 2 aromatic rings. The fourth-order valence-corrected chi connectivity index (χ4v) is 2.27. The normalized spacial score (nSPS) is 10.4. The van der Waals surface area contributed by atoms with E-state index >= 15 is 0 Å². The fraction of sp³-hybridized carbons (Fsp3) is 0.133. The van der Waals surface area contributed by atoms with E-state index in [9.17, 15) is 9.18 Å². The lowest BCUT2D eigenvalue weighted by atomic mass is 10.0. The standard InChI is InChI=1S/C15H12BrFO/c1-10-2-4-11(5-3-10)8-15(18)13-7-6-12(17)9-14(13)16/h2-7,9H,8H2,1H3. The third-order valence-electron chi connectivity index (χ3n) is 2.72. The quantitative estimate of drug-likeness (QED) is 0.772. The molecule has 0 N–H and O–H groups in total. The van der Waals surface area contributed by atoms with Crippen molar-refractivity contribution in [1.82, 2.24) is 0 Å². The summed E-state index contributed by atoms with van der Waals surface area (Å²) in [6, 6.07) is 11.9. The zero-order valence-electron chi connectivity index (χ0n) is 9.91. The van der Waals surface area contributed by atoms with Crippen molar-refractivity contribution in [3.63, 3.8) is 0 Å². The van der Waals surface area contributed by atoms with Crippen molar-refractivity contribution in [3.8, 4) is 0 Å². The van der Waals surface area contributed by atoms with E-state index in [4.69, 9.17) is 0 Å². The first-order chi connectivity index (χ1) is 8.56. The molecule has 0 bridgehead atoms. The molecule has 0 aromatic heterocycles. The second-order valence-corrected chi connectivity index (χ2v) is 5.06. The molecule has 0 heterocycles. The molecule has 0 aliphatic heterocycles. The molecule has 0 unspecified atom stereocenters. The van der Waals surface area contributed by atoms with E-state index in [1.54, 1.807) is 0 Å². The molecule has 0 fully saturated rings. The molecule has 0 radical (unpaired) electrons. The van der Waals surface area contributed by atoms with E-state index in [0.717, 1.165) is 11.1 Å². The Bertz CT molecular complexity index is 576. The zero-order valence-corrected chi connectivity index (χ0v) is 11.5. The topological polar surface area (TPSA) is 17.1 Å². The summed E-state index contributed by atoms with van der Waals surface area (Å²) in [6.45, 7) is 2.00. The number of benzene rings is 2. The number of carbonyl (C=O) groups excluding carboxylic acids is 1. The summed E-state index contributed by atoms with van der Waals surface area (Å²) in [5, 5.41) is 0. The smallest absolute Gasteiger partial charge is 0.168 e. The van der Waals surface area contributed by atoms with Gasteiger partial charge in [0.1, 0.15) is 5.82 Å². The Labute approximate surface area is 114 Å². The van der Waals surface area contributed by atoms with Crippen LogP contribution >= 0.6 is 15.9 Å². The minimum atomic E-state index is -0.353. The van der Waals surface area contributed by atoms with Crippen molar-refractivity contribution >= 4 is 21.7 Å². The summed E-state index contributed by atoms with van der Waals surface area (Å²) >= 11 is 3.21. The monoisotopic (exact) mass is 306 g/mol. The molecule has 0 atom stereocenters.